The number of hydrogen-bond acceptors (Lipinski definition) is 6. The lowest BCUT2D eigenvalue weighted by Gasteiger charge is -2.21. The average Bonchev–Trinajstić information content (AvgIpc) is 3.30. The van der Waals surface area contributed by atoms with E-state index in [1.807, 2.05) is 27.7 Å². The van der Waals surface area contributed by atoms with Crippen LogP contribution in [0.4, 0.5) is 0 Å². The van der Waals surface area contributed by atoms with Crippen LogP contribution in [0.1, 0.15) is 34.1 Å². The third-order valence-electron chi connectivity index (χ3n) is 4.75. The molecule has 1 N–H and O–H groups in total. The van der Waals surface area contributed by atoms with Crippen molar-refractivity contribution >= 4 is 0 Å². The molecule has 4 rings (SSSR count). The van der Waals surface area contributed by atoms with E-state index in [9.17, 15) is 0 Å². The third kappa shape index (κ3) is 11.5. The third-order valence-corrected chi connectivity index (χ3v) is 4.75. The summed E-state index contributed by atoms with van der Waals surface area (Å²) >= 11 is 0. The molecule has 4 fully saturated rings. The van der Waals surface area contributed by atoms with Gasteiger partial charge in [-0.15, -0.1) is 0 Å². The fourth-order valence-corrected chi connectivity index (χ4v) is 3.02. The highest BCUT2D eigenvalue weighted by Gasteiger charge is 2.36. The Morgan fingerprint density at radius 1 is 0.808 bits per heavy atom. The smallest absolute Gasteiger partial charge is 0.0718 e. The van der Waals surface area contributed by atoms with Crippen LogP contribution in [0.5, 0.6) is 0 Å². The normalized spacial score (nSPS) is 28.3. The molecule has 0 aromatic carbocycles. The van der Waals surface area contributed by atoms with Crippen molar-refractivity contribution in [1.82, 2.24) is 20.0 Å². The number of ether oxygens (including phenoxy) is 2. The van der Waals surface area contributed by atoms with Crippen LogP contribution in [-0.2, 0) is 9.47 Å². The van der Waals surface area contributed by atoms with Gasteiger partial charge in [0.2, 0.25) is 0 Å². The van der Waals surface area contributed by atoms with Gasteiger partial charge in [0.25, 0.3) is 0 Å². The second-order valence-corrected chi connectivity index (χ2v) is 6.75. The summed E-state index contributed by atoms with van der Waals surface area (Å²) in [5.74, 6) is 0. The molecule has 0 aromatic rings. The van der Waals surface area contributed by atoms with Crippen molar-refractivity contribution in [2.24, 2.45) is 0 Å². The van der Waals surface area contributed by atoms with E-state index in [4.69, 9.17) is 9.47 Å². The standard InChI is InChI=1S/C6H11NO.C5H12N2.C5H11NO.2C2H6/c1-7-3-6-2-5(7)4-8-6;1-7-4-2-6-3-5-7;1-6-2-4-7-5-3-6;2*1-2/h5-6H,2-4H2,1H3;6H,2-5H2,1H3;2-5H2,1H3;2*1-2H3. The maximum Gasteiger partial charge on any atom is 0.0718 e. The molecule has 0 spiro atoms. The van der Waals surface area contributed by atoms with Gasteiger partial charge >= 0.3 is 0 Å². The first kappa shape index (κ1) is 25.8. The summed E-state index contributed by atoms with van der Waals surface area (Å²) in [6, 6.07) is 0.750. The van der Waals surface area contributed by atoms with Gasteiger partial charge in [-0.1, -0.05) is 27.7 Å². The Balaban J connectivity index is 0.000000330. The Bertz CT molecular complexity index is 278. The largest absolute Gasteiger partial charge is 0.379 e. The number of hydrogen-bond donors (Lipinski definition) is 1. The molecule has 6 nitrogen and oxygen atoms in total. The van der Waals surface area contributed by atoms with Crippen molar-refractivity contribution in [2.75, 3.05) is 86.8 Å². The molecule has 158 valence electrons. The molecule has 26 heavy (non-hydrogen) atoms. The minimum Gasteiger partial charge on any atom is -0.379 e. The van der Waals surface area contributed by atoms with E-state index >= 15 is 0 Å². The van der Waals surface area contributed by atoms with Gasteiger partial charge in [-0.3, -0.25) is 4.90 Å². The first-order valence-corrected chi connectivity index (χ1v) is 10.6. The monoisotopic (exact) mass is 374 g/mol. The van der Waals surface area contributed by atoms with Crippen LogP contribution in [0.2, 0.25) is 0 Å². The van der Waals surface area contributed by atoms with Crippen molar-refractivity contribution in [3.05, 3.63) is 0 Å². The van der Waals surface area contributed by atoms with Gasteiger partial charge in [0, 0.05) is 51.9 Å². The van der Waals surface area contributed by atoms with Crippen LogP contribution in [0.15, 0.2) is 0 Å². The predicted octanol–water partition coefficient (Wildman–Crippen LogP) is 1.61. The number of nitrogens with zero attached hydrogens (tertiary/aromatic N) is 3. The van der Waals surface area contributed by atoms with E-state index < -0.39 is 0 Å². The highest BCUT2D eigenvalue weighted by molar-refractivity contribution is 4.89. The minimum atomic E-state index is 0.574. The van der Waals surface area contributed by atoms with Gasteiger partial charge < -0.3 is 24.6 Å². The lowest BCUT2D eigenvalue weighted by Crippen LogP contribution is -2.40. The molecule has 0 amide bonds. The van der Waals surface area contributed by atoms with E-state index in [0.717, 1.165) is 58.6 Å². The van der Waals surface area contributed by atoms with Crippen molar-refractivity contribution < 1.29 is 9.47 Å². The maximum absolute atomic E-state index is 5.38. The van der Waals surface area contributed by atoms with Crippen molar-refractivity contribution in [3.8, 4) is 0 Å². The van der Waals surface area contributed by atoms with Crippen LogP contribution in [-0.4, -0.2) is 114 Å². The molecule has 0 saturated carbocycles. The van der Waals surface area contributed by atoms with E-state index in [-0.39, 0.29) is 0 Å². The van der Waals surface area contributed by atoms with Crippen LogP contribution in [0.3, 0.4) is 0 Å². The number of rotatable bonds is 0. The molecule has 4 aliphatic rings. The summed E-state index contributed by atoms with van der Waals surface area (Å²) in [7, 11) is 6.44. The Labute approximate surface area is 163 Å². The number of piperazine rings is 1. The summed E-state index contributed by atoms with van der Waals surface area (Å²) in [4.78, 5) is 6.98. The van der Waals surface area contributed by atoms with E-state index in [2.05, 4.69) is 41.2 Å². The van der Waals surface area contributed by atoms with Gasteiger partial charge in [-0.2, -0.15) is 0 Å². The zero-order valence-electron chi connectivity index (χ0n) is 18.6. The lowest BCUT2D eigenvalue weighted by molar-refractivity contribution is 0.0416. The van der Waals surface area contributed by atoms with Gasteiger partial charge in [0.05, 0.1) is 25.9 Å². The molecule has 0 radical (unpaired) electrons. The molecular weight excluding hydrogens is 328 g/mol. The quantitative estimate of drug-likeness (QED) is 0.695. The summed E-state index contributed by atoms with van der Waals surface area (Å²) in [5, 5.41) is 3.27. The Hall–Kier alpha value is -0.240. The van der Waals surface area contributed by atoms with Crippen LogP contribution < -0.4 is 5.32 Å². The molecule has 4 aliphatic heterocycles. The first-order valence-electron chi connectivity index (χ1n) is 10.6. The minimum absolute atomic E-state index is 0.574. The molecule has 4 saturated heterocycles. The summed E-state index contributed by atoms with van der Waals surface area (Å²) < 4.78 is 10.5. The second-order valence-electron chi connectivity index (χ2n) is 6.75. The van der Waals surface area contributed by atoms with Gasteiger partial charge in [0.15, 0.2) is 0 Å². The van der Waals surface area contributed by atoms with Gasteiger partial charge in [0.1, 0.15) is 0 Å². The number of likely N-dealkylation sites (N-methyl/N-ethyl adjacent to an activating group) is 3. The van der Waals surface area contributed by atoms with Crippen molar-refractivity contribution in [2.45, 2.75) is 46.3 Å². The van der Waals surface area contributed by atoms with Crippen LogP contribution in [0, 0.1) is 0 Å². The molecule has 2 unspecified atom stereocenters. The van der Waals surface area contributed by atoms with Crippen molar-refractivity contribution in [1.29, 1.82) is 0 Å². The molecule has 4 heterocycles. The van der Waals surface area contributed by atoms with Gasteiger partial charge in [-0.25, -0.2) is 0 Å². The van der Waals surface area contributed by atoms with Crippen LogP contribution in [0.25, 0.3) is 0 Å². The highest BCUT2D eigenvalue weighted by Crippen LogP contribution is 2.25. The molecule has 2 atom stereocenters. The van der Waals surface area contributed by atoms with Gasteiger partial charge in [-0.05, 0) is 27.6 Å². The number of likely N-dealkylation sites (tertiary alicyclic amines) is 1. The van der Waals surface area contributed by atoms with E-state index in [1.54, 1.807) is 0 Å². The fraction of sp³-hybridized carbons (Fsp3) is 1.00. The topological polar surface area (TPSA) is 40.2 Å². The summed E-state index contributed by atoms with van der Waals surface area (Å²) in [6.45, 7) is 18.9. The molecular formula is C20H46N4O2. The zero-order chi connectivity index (χ0) is 19.8. The Morgan fingerprint density at radius 2 is 1.35 bits per heavy atom. The number of nitrogens with one attached hydrogen (secondary N) is 1. The zero-order valence-corrected chi connectivity index (χ0v) is 18.6. The highest BCUT2D eigenvalue weighted by atomic mass is 16.5. The lowest BCUT2D eigenvalue weighted by atomic mass is 10.2. The first-order chi connectivity index (χ1) is 12.6. The SMILES string of the molecule is CC.CC.CN1CC2CC1CO2.CN1CCNCC1.CN1CCOCC1. The average molecular weight is 375 g/mol. The molecule has 6 heteroatoms. The molecule has 2 bridgehead atoms. The van der Waals surface area contributed by atoms with Crippen LogP contribution >= 0.6 is 0 Å². The van der Waals surface area contributed by atoms with E-state index in [1.165, 1.54) is 19.5 Å². The number of fused-ring (bicyclic) bond motifs is 2. The molecule has 0 aliphatic carbocycles. The second kappa shape index (κ2) is 16.9. The summed E-state index contributed by atoms with van der Waals surface area (Å²) in [6.07, 6.45) is 1.85. The fourth-order valence-electron chi connectivity index (χ4n) is 3.02. The predicted molar refractivity (Wildman–Crippen MR) is 112 cm³/mol. The molecule has 0 aromatic heterocycles. The Kier molecular flexibility index (Phi) is 16.7. The van der Waals surface area contributed by atoms with Crippen molar-refractivity contribution in [3.63, 3.8) is 0 Å². The number of morpholine rings is 2. The Morgan fingerprint density at radius 3 is 1.58 bits per heavy atom. The van der Waals surface area contributed by atoms with E-state index in [0.29, 0.717) is 6.10 Å². The maximum atomic E-state index is 5.38. The summed E-state index contributed by atoms with van der Waals surface area (Å²) in [5.41, 5.74) is 0.